The van der Waals surface area contributed by atoms with E-state index < -0.39 is 24.3 Å². The molecule has 1 aromatic rings. The van der Waals surface area contributed by atoms with E-state index in [4.69, 9.17) is 0 Å². The van der Waals surface area contributed by atoms with Crippen LogP contribution in [0.25, 0.3) is 0 Å². The standard InChI is InChI=1S/C16H24N2O4/c1-10(12-6-4-3-5-7-12)18-13(8-17-11(2)20)15(21)16(22)14(18)9-19/h3-7,10,13-16,19,21-22H,8-9H2,1-2H3,(H,17,20)/t10?,13-,14-,15-,16-/m1/s1. The van der Waals surface area contributed by atoms with Crippen molar-refractivity contribution in [3.63, 3.8) is 0 Å². The van der Waals surface area contributed by atoms with Crippen LogP contribution in [0.1, 0.15) is 25.5 Å². The summed E-state index contributed by atoms with van der Waals surface area (Å²) in [4.78, 5) is 13.1. The van der Waals surface area contributed by atoms with E-state index in [0.717, 1.165) is 5.56 Å². The Hall–Kier alpha value is -1.47. The molecule has 5 atom stereocenters. The SMILES string of the molecule is CC(=O)NC[C@@H]1[C@@H](O)[C@H](O)[C@@H](CO)N1C(C)c1ccccc1. The van der Waals surface area contributed by atoms with Gasteiger partial charge in [0.15, 0.2) is 0 Å². The number of nitrogens with one attached hydrogen (secondary N) is 1. The van der Waals surface area contributed by atoms with Crippen molar-refractivity contribution in [1.29, 1.82) is 0 Å². The number of aliphatic hydroxyl groups excluding tert-OH is 3. The third kappa shape index (κ3) is 3.30. The fourth-order valence-corrected chi connectivity index (χ4v) is 3.21. The fourth-order valence-electron chi connectivity index (χ4n) is 3.21. The minimum atomic E-state index is -1.05. The van der Waals surface area contributed by atoms with E-state index in [1.54, 1.807) is 0 Å². The molecule has 0 saturated carbocycles. The Morgan fingerprint density at radius 1 is 1.23 bits per heavy atom. The second kappa shape index (κ2) is 7.19. The van der Waals surface area contributed by atoms with Crippen molar-refractivity contribution < 1.29 is 20.1 Å². The van der Waals surface area contributed by atoms with Crippen LogP contribution in [0.2, 0.25) is 0 Å². The van der Waals surface area contributed by atoms with Gasteiger partial charge in [0.25, 0.3) is 0 Å². The average Bonchev–Trinajstić information content (AvgIpc) is 2.76. The normalized spacial score (nSPS) is 30.2. The molecule has 22 heavy (non-hydrogen) atoms. The topological polar surface area (TPSA) is 93.0 Å². The van der Waals surface area contributed by atoms with Crippen LogP contribution in [0.5, 0.6) is 0 Å². The molecule has 1 fully saturated rings. The van der Waals surface area contributed by atoms with Gasteiger partial charge in [-0.25, -0.2) is 0 Å². The highest BCUT2D eigenvalue weighted by Crippen LogP contribution is 2.33. The number of carbonyl (C=O) groups excluding carboxylic acids is 1. The summed E-state index contributed by atoms with van der Waals surface area (Å²) in [5, 5.41) is 32.8. The number of amides is 1. The van der Waals surface area contributed by atoms with Crippen LogP contribution in [0.4, 0.5) is 0 Å². The van der Waals surface area contributed by atoms with Gasteiger partial charge in [0.2, 0.25) is 5.91 Å². The summed E-state index contributed by atoms with van der Waals surface area (Å²) in [6, 6.07) is 8.57. The second-order valence-corrected chi connectivity index (χ2v) is 5.77. The lowest BCUT2D eigenvalue weighted by Crippen LogP contribution is -2.48. The zero-order chi connectivity index (χ0) is 16.3. The third-order valence-electron chi connectivity index (χ3n) is 4.38. The zero-order valence-corrected chi connectivity index (χ0v) is 12.9. The van der Waals surface area contributed by atoms with Crippen LogP contribution in [-0.4, -0.2) is 63.6 Å². The number of nitrogens with zero attached hydrogens (tertiary/aromatic N) is 1. The lowest BCUT2D eigenvalue weighted by molar-refractivity contribution is -0.119. The molecule has 0 radical (unpaired) electrons. The molecular formula is C16H24N2O4. The van der Waals surface area contributed by atoms with Crippen LogP contribution < -0.4 is 5.32 Å². The van der Waals surface area contributed by atoms with E-state index in [-0.39, 0.29) is 25.1 Å². The van der Waals surface area contributed by atoms with Crippen molar-refractivity contribution in [2.24, 2.45) is 0 Å². The molecular weight excluding hydrogens is 284 g/mol. The number of likely N-dealkylation sites (tertiary alicyclic amines) is 1. The van der Waals surface area contributed by atoms with Crippen molar-refractivity contribution in [1.82, 2.24) is 10.2 Å². The number of benzene rings is 1. The predicted octanol–water partition coefficient (Wildman–Crippen LogP) is -0.349. The Morgan fingerprint density at radius 2 is 1.82 bits per heavy atom. The Balaban J connectivity index is 2.27. The van der Waals surface area contributed by atoms with Gasteiger partial charge in [0.1, 0.15) is 0 Å². The van der Waals surface area contributed by atoms with E-state index in [1.165, 1.54) is 6.92 Å². The molecule has 1 saturated heterocycles. The minimum Gasteiger partial charge on any atom is -0.395 e. The zero-order valence-electron chi connectivity index (χ0n) is 12.9. The number of carbonyl (C=O) groups is 1. The molecule has 1 aliphatic heterocycles. The van der Waals surface area contributed by atoms with E-state index in [9.17, 15) is 20.1 Å². The van der Waals surface area contributed by atoms with Crippen LogP contribution >= 0.6 is 0 Å². The van der Waals surface area contributed by atoms with Crippen molar-refractivity contribution in [2.45, 2.75) is 44.2 Å². The Morgan fingerprint density at radius 3 is 2.36 bits per heavy atom. The summed E-state index contributed by atoms with van der Waals surface area (Å²) in [6.07, 6.45) is -2.06. The third-order valence-corrected chi connectivity index (χ3v) is 4.38. The molecule has 6 nitrogen and oxygen atoms in total. The molecule has 1 aromatic carbocycles. The Bertz CT molecular complexity index is 496. The number of hydrogen-bond acceptors (Lipinski definition) is 5. The van der Waals surface area contributed by atoms with Gasteiger partial charge in [-0.15, -0.1) is 0 Å². The minimum absolute atomic E-state index is 0.107. The second-order valence-electron chi connectivity index (χ2n) is 5.77. The molecule has 0 aliphatic carbocycles. The number of aliphatic hydroxyl groups is 3. The average molecular weight is 308 g/mol. The van der Waals surface area contributed by atoms with Gasteiger partial charge in [-0.2, -0.15) is 0 Å². The van der Waals surface area contributed by atoms with Gasteiger partial charge in [-0.3, -0.25) is 9.69 Å². The molecule has 1 amide bonds. The predicted molar refractivity (Wildman–Crippen MR) is 82.1 cm³/mol. The van der Waals surface area contributed by atoms with E-state index in [1.807, 2.05) is 42.2 Å². The molecule has 1 aliphatic rings. The first-order valence-corrected chi connectivity index (χ1v) is 7.51. The summed E-state index contributed by atoms with van der Waals surface area (Å²) < 4.78 is 0. The smallest absolute Gasteiger partial charge is 0.216 e. The largest absolute Gasteiger partial charge is 0.395 e. The lowest BCUT2D eigenvalue weighted by Gasteiger charge is -2.35. The quantitative estimate of drug-likeness (QED) is 0.597. The first-order chi connectivity index (χ1) is 10.5. The van der Waals surface area contributed by atoms with Gasteiger partial charge in [0, 0.05) is 19.5 Å². The van der Waals surface area contributed by atoms with E-state index >= 15 is 0 Å². The van der Waals surface area contributed by atoms with Gasteiger partial charge < -0.3 is 20.6 Å². The van der Waals surface area contributed by atoms with Gasteiger partial charge in [-0.05, 0) is 12.5 Å². The lowest BCUT2D eigenvalue weighted by atomic mass is 10.0. The molecule has 6 heteroatoms. The fraction of sp³-hybridized carbons (Fsp3) is 0.562. The molecule has 4 N–H and O–H groups in total. The maximum absolute atomic E-state index is 11.2. The summed E-state index contributed by atoms with van der Waals surface area (Å²) in [7, 11) is 0. The summed E-state index contributed by atoms with van der Waals surface area (Å²) >= 11 is 0. The number of hydrogen-bond donors (Lipinski definition) is 4. The molecule has 1 unspecified atom stereocenters. The van der Waals surface area contributed by atoms with Crippen LogP contribution in [-0.2, 0) is 4.79 Å². The molecule has 2 rings (SSSR count). The first kappa shape index (κ1) is 16.9. The highest BCUT2D eigenvalue weighted by molar-refractivity contribution is 5.72. The van der Waals surface area contributed by atoms with Crippen LogP contribution in [0.15, 0.2) is 30.3 Å². The van der Waals surface area contributed by atoms with E-state index in [0.29, 0.717) is 0 Å². The van der Waals surface area contributed by atoms with Crippen LogP contribution in [0, 0.1) is 0 Å². The van der Waals surface area contributed by atoms with E-state index in [2.05, 4.69) is 5.32 Å². The number of rotatable bonds is 5. The Labute approximate surface area is 130 Å². The van der Waals surface area contributed by atoms with Gasteiger partial charge in [-0.1, -0.05) is 30.3 Å². The van der Waals surface area contributed by atoms with Crippen molar-refractivity contribution in [3.05, 3.63) is 35.9 Å². The van der Waals surface area contributed by atoms with Gasteiger partial charge >= 0.3 is 0 Å². The molecule has 0 bridgehead atoms. The van der Waals surface area contributed by atoms with Crippen molar-refractivity contribution >= 4 is 5.91 Å². The maximum Gasteiger partial charge on any atom is 0.216 e. The highest BCUT2D eigenvalue weighted by Gasteiger charge is 2.49. The summed E-state index contributed by atoms with van der Waals surface area (Å²) in [6.45, 7) is 3.34. The molecule has 0 spiro atoms. The molecule has 0 aromatic heterocycles. The monoisotopic (exact) mass is 308 g/mol. The van der Waals surface area contributed by atoms with Gasteiger partial charge in [0.05, 0.1) is 30.9 Å². The maximum atomic E-state index is 11.2. The summed E-state index contributed by atoms with van der Waals surface area (Å²) in [5.41, 5.74) is 1.02. The first-order valence-electron chi connectivity index (χ1n) is 7.51. The van der Waals surface area contributed by atoms with Crippen molar-refractivity contribution in [2.75, 3.05) is 13.2 Å². The highest BCUT2D eigenvalue weighted by atomic mass is 16.3. The molecule has 1 heterocycles. The van der Waals surface area contributed by atoms with Crippen molar-refractivity contribution in [3.8, 4) is 0 Å². The summed E-state index contributed by atoms with van der Waals surface area (Å²) in [5.74, 6) is -0.193. The molecule has 122 valence electrons. The van der Waals surface area contributed by atoms with Crippen LogP contribution in [0.3, 0.4) is 0 Å². The Kier molecular flexibility index (Phi) is 5.52.